The van der Waals surface area contributed by atoms with E-state index in [2.05, 4.69) is 19.9 Å². The van der Waals surface area contributed by atoms with Gasteiger partial charge in [0, 0.05) is 32.1 Å². The van der Waals surface area contributed by atoms with Crippen molar-refractivity contribution in [1.82, 2.24) is 0 Å². The minimum atomic E-state index is -0.899. The smallest absolute Gasteiger partial charge is 0.303 e. The maximum Gasteiger partial charge on any atom is 0.303 e. The van der Waals surface area contributed by atoms with Crippen molar-refractivity contribution in [1.29, 1.82) is 0 Å². The summed E-state index contributed by atoms with van der Waals surface area (Å²) in [5, 5.41) is 0. The molecule has 2 saturated heterocycles. The molecule has 1 spiro atoms. The van der Waals surface area contributed by atoms with Gasteiger partial charge in [-0.1, -0.05) is 13.8 Å². The molecule has 3 heterocycles. The second-order valence-corrected chi connectivity index (χ2v) is 11.2. The number of hydrogen-bond donors (Lipinski definition) is 0. The van der Waals surface area contributed by atoms with Crippen LogP contribution in [0.5, 0.6) is 0 Å². The number of hydrogen-bond acceptors (Lipinski definition) is 9. The molecular formula is C26H36O9. The number of esters is 3. The van der Waals surface area contributed by atoms with Crippen molar-refractivity contribution in [3.8, 4) is 0 Å². The first-order chi connectivity index (χ1) is 16.5. The fourth-order valence-electron chi connectivity index (χ4n) is 7.82. The van der Waals surface area contributed by atoms with Crippen molar-refractivity contribution in [3.63, 3.8) is 0 Å². The van der Waals surface area contributed by atoms with E-state index < -0.39 is 41.1 Å². The average Bonchev–Trinajstić information content (AvgIpc) is 3.26. The molecule has 0 unspecified atom stereocenters. The van der Waals surface area contributed by atoms with Crippen LogP contribution in [0.3, 0.4) is 0 Å². The van der Waals surface area contributed by atoms with E-state index in [4.69, 9.17) is 28.4 Å². The molecule has 0 aromatic rings. The summed E-state index contributed by atoms with van der Waals surface area (Å²) in [6.07, 6.45) is 4.96. The van der Waals surface area contributed by atoms with Crippen molar-refractivity contribution < 1.29 is 42.8 Å². The van der Waals surface area contributed by atoms with E-state index in [0.29, 0.717) is 25.9 Å². The van der Waals surface area contributed by atoms with Crippen LogP contribution in [0.25, 0.3) is 0 Å². The fourth-order valence-corrected chi connectivity index (χ4v) is 7.82. The van der Waals surface area contributed by atoms with Gasteiger partial charge in [-0.2, -0.15) is 0 Å². The van der Waals surface area contributed by atoms with Crippen LogP contribution in [0.4, 0.5) is 0 Å². The lowest BCUT2D eigenvalue weighted by molar-refractivity contribution is -0.269. The summed E-state index contributed by atoms with van der Waals surface area (Å²) in [5.41, 5.74) is -2.14. The van der Waals surface area contributed by atoms with Crippen LogP contribution in [0.1, 0.15) is 60.3 Å². The molecule has 0 radical (unpaired) electrons. The molecule has 2 aliphatic carbocycles. The second kappa shape index (κ2) is 8.47. The Bertz CT molecular complexity index is 926. The third-order valence-corrected chi connectivity index (χ3v) is 9.55. The molecule has 0 aromatic heterocycles. The van der Waals surface area contributed by atoms with E-state index in [9.17, 15) is 14.4 Å². The highest BCUT2D eigenvalue weighted by molar-refractivity contribution is 5.67. The Morgan fingerprint density at radius 3 is 2.29 bits per heavy atom. The van der Waals surface area contributed by atoms with Gasteiger partial charge in [0.1, 0.15) is 24.4 Å². The molecule has 5 rings (SSSR count). The van der Waals surface area contributed by atoms with Crippen LogP contribution in [0, 0.1) is 28.6 Å². The topological polar surface area (TPSA) is 110 Å². The molecule has 9 nitrogen and oxygen atoms in total. The number of fused-ring (bicyclic) bond motifs is 3. The molecule has 0 aromatic carbocycles. The fraction of sp³-hybridized carbons (Fsp3) is 0.808. The summed E-state index contributed by atoms with van der Waals surface area (Å²) in [4.78, 5) is 36.4. The molecule has 3 aliphatic heterocycles. The molecule has 35 heavy (non-hydrogen) atoms. The molecule has 0 amide bonds. The Morgan fingerprint density at radius 2 is 1.69 bits per heavy atom. The lowest BCUT2D eigenvalue weighted by Crippen LogP contribution is -2.72. The molecular weight excluding hydrogens is 456 g/mol. The SMILES string of the molecule is CC(=O)OC[C@@]12[C@@H](OC(C)=O)C[C@@H](C)[C@](C)([C@@H]3C[C@H]4C=CO[C@H]4O3)[C@H]1CC[C@@H](OC(C)=O)[C@]21CO1. The van der Waals surface area contributed by atoms with Crippen LogP contribution in [0.2, 0.25) is 0 Å². The monoisotopic (exact) mass is 492 g/mol. The Kier molecular flexibility index (Phi) is 5.95. The molecule has 0 N–H and O–H groups in total. The molecule has 9 heteroatoms. The van der Waals surface area contributed by atoms with E-state index in [-0.39, 0.29) is 42.2 Å². The van der Waals surface area contributed by atoms with Crippen LogP contribution in [0.15, 0.2) is 12.3 Å². The summed E-state index contributed by atoms with van der Waals surface area (Å²) < 4.78 is 35.9. The molecule has 4 fully saturated rings. The predicted octanol–water partition coefficient (Wildman–Crippen LogP) is 2.90. The van der Waals surface area contributed by atoms with E-state index in [1.165, 1.54) is 20.8 Å². The highest BCUT2D eigenvalue weighted by atomic mass is 16.7. The quantitative estimate of drug-likeness (QED) is 0.325. The van der Waals surface area contributed by atoms with Gasteiger partial charge in [0.2, 0.25) is 6.29 Å². The Hall–Kier alpha value is -2.13. The van der Waals surface area contributed by atoms with Crippen molar-refractivity contribution in [2.75, 3.05) is 13.2 Å². The normalized spacial score (nSPS) is 47.4. The maximum absolute atomic E-state index is 12.3. The van der Waals surface area contributed by atoms with Gasteiger partial charge >= 0.3 is 17.9 Å². The number of epoxide rings is 1. The highest BCUT2D eigenvalue weighted by Gasteiger charge is 2.80. The predicted molar refractivity (Wildman–Crippen MR) is 120 cm³/mol. The van der Waals surface area contributed by atoms with Gasteiger partial charge < -0.3 is 28.4 Å². The van der Waals surface area contributed by atoms with Crippen LogP contribution in [-0.4, -0.2) is 61.3 Å². The third kappa shape index (κ3) is 3.60. The van der Waals surface area contributed by atoms with Gasteiger partial charge in [0.25, 0.3) is 0 Å². The number of carbonyl (C=O) groups excluding carboxylic acids is 3. The van der Waals surface area contributed by atoms with Crippen LogP contribution >= 0.6 is 0 Å². The van der Waals surface area contributed by atoms with Gasteiger partial charge in [0.15, 0.2) is 0 Å². The molecule has 5 aliphatic rings. The molecule has 10 atom stereocenters. The van der Waals surface area contributed by atoms with E-state index in [0.717, 1.165) is 6.42 Å². The van der Waals surface area contributed by atoms with E-state index >= 15 is 0 Å². The Balaban J connectivity index is 1.62. The lowest BCUT2D eigenvalue weighted by atomic mass is 9.42. The summed E-state index contributed by atoms with van der Waals surface area (Å²) in [6, 6.07) is 0. The Labute approximate surface area is 205 Å². The summed E-state index contributed by atoms with van der Waals surface area (Å²) in [6.45, 7) is 8.93. The zero-order valence-electron chi connectivity index (χ0n) is 21.1. The van der Waals surface area contributed by atoms with Gasteiger partial charge in [-0.05, 0) is 43.6 Å². The van der Waals surface area contributed by atoms with Crippen molar-refractivity contribution in [2.24, 2.45) is 28.6 Å². The average molecular weight is 493 g/mol. The highest BCUT2D eigenvalue weighted by Crippen LogP contribution is 2.70. The van der Waals surface area contributed by atoms with Crippen LogP contribution < -0.4 is 0 Å². The number of rotatable bonds is 5. The first kappa shape index (κ1) is 24.6. The largest absolute Gasteiger partial charge is 0.472 e. The summed E-state index contributed by atoms with van der Waals surface area (Å²) in [5.74, 6) is -0.960. The third-order valence-electron chi connectivity index (χ3n) is 9.55. The molecule has 194 valence electrons. The molecule has 0 bridgehead atoms. The van der Waals surface area contributed by atoms with Crippen molar-refractivity contribution in [3.05, 3.63) is 12.3 Å². The van der Waals surface area contributed by atoms with Gasteiger partial charge in [-0.15, -0.1) is 0 Å². The second-order valence-electron chi connectivity index (χ2n) is 11.2. The van der Waals surface area contributed by atoms with Crippen LogP contribution in [-0.2, 0) is 42.8 Å². The van der Waals surface area contributed by atoms with Gasteiger partial charge in [0.05, 0.1) is 24.4 Å². The van der Waals surface area contributed by atoms with Crippen molar-refractivity contribution in [2.45, 2.75) is 90.5 Å². The zero-order chi connectivity index (χ0) is 25.2. The minimum absolute atomic E-state index is 0.0149. The zero-order valence-corrected chi connectivity index (χ0v) is 21.1. The summed E-state index contributed by atoms with van der Waals surface area (Å²) >= 11 is 0. The Morgan fingerprint density at radius 1 is 1.00 bits per heavy atom. The van der Waals surface area contributed by atoms with E-state index in [1.807, 2.05) is 0 Å². The number of ether oxygens (including phenoxy) is 6. The molecule has 2 saturated carbocycles. The van der Waals surface area contributed by atoms with E-state index in [1.54, 1.807) is 6.26 Å². The van der Waals surface area contributed by atoms with Gasteiger partial charge in [-0.25, -0.2) is 0 Å². The first-order valence-corrected chi connectivity index (χ1v) is 12.6. The van der Waals surface area contributed by atoms with Crippen molar-refractivity contribution >= 4 is 17.9 Å². The first-order valence-electron chi connectivity index (χ1n) is 12.6. The maximum atomic E-state index is 12.3. The van der Waals surface area contributed by atoms with Gasteiger partial charge in [-0.3, -0.25) is 14.4 Å². The summed E-state index contributed by atoms with van der Waals surface area (Å²) in [7, 11) is 0. The minimum Gasteiger partial charge on any atom is -0.472 e. The lowest BCUT2D eigenvalue weighted by Gasteiger charge is -2.64. The number of carbonyl (C=O) groups is 3. The standard InChI is InChI=1S/C26H36O9/c1-14-10-22(34-17(4)29)25(12-31-15(2)27)19(6-7-20(33-16(3)28)26(25)13-32-26)24(14,5)21-11-18-8-9-30-23(18)35-21/h8-9,14,18-23H,6-7,10-13H2,1-5H3/t14-,18-,19-,20-,21+,22+,23+,24+,25+,26-/m1/s1.